The number of aromatic nitrogens is 3. The lowest BCUT2D eigenvalue weighted by molar-refractivity contribution is -0.384. The highest BCUT2D eigenvalue weighted by atomic mass is 16.6. The zero-order valence-corrected chi connectivity index (χ0v) is 13.0. The summed E-state index contributed by atoms with van der Waals surface area (Å²) in [5.41, 5.74) is 6.33. The van der Waals surface area contributed by atoms with Gasteiger partial charge in [0, 0.05) is 25.2 Å². The van der Waals surface area contributed by atoms with E-state index in [1.165, 1.54) is 23.0 Å². The largest absolute Gasteiger partial charge is 0.337 e. The van der Waals surface area contributed by atoms with Crippen LogP contribution in [0.15, 0.2) is 30.5 Å². The van der Waals surface area contributed by atoms with Crippen molar-refractivity contribution in [2.45, 2.75) is 12.8 Å². The monoisotopic (exact) mass is 330 g/mol. The van der Waals surface area contributed by atoms with Gasteiger partial charge in [0.25, 0.3) is 11.6 Å². The number of likely N-dealkylation sites (tertiary alicyclic amines) is 1. The summed E-state index contributed by atoms with van der Waals surface area (Å²) in [5, 5.41) is 18.7. The van der Waals surface area contributed by atoms with Crippen LogP contribution in [0.1, 0.15) is 23.3 Å². The predicted octanol–water partition coefficient (Wildman–Crippen LogP) is 0.986. The molecular formula is C15H18N6O3. The molecule has 0 saturated carbocycles. The van der Waals surface area contributed by atoms with E-state index < -0.39 is 4.92 Å². The Kier molecular flexibility index (Phi) is 4.52. The van der Waals surface area contributed by atoms with Crippen molar-refractivity contribution in [3.63, 3.8) is 0 Å². The summed E-state index contributed by atoms with van der Waals surface area (Å²) in [6.45, 7) is 1.96. The Morgan fingerprint density at radius 3 is 2.79 bits per heavy atom. The minimum atomic E-state index is -0.478. The van der Waals surface area contributed by atoms with E-state index in [-0.39, 0.29) is 17.3 Å². The fourth-order valence-electron chi connectivity index (χ4n) is 2.77. The molecule has 9 nitrogen and oxygen atoms in total. The van der Waals surface area contributed by atoms with Crippen molar-refractivity contribution in [1.82, 2.24) is 19.9 Å². The highest BCUT2D eigenvalue weighted by molar-refractivity contribution is 5.92. The average Bonchev–Trinajstić information content (AvgIpc) is 3.11. The van der Waals surface area contributed by atoms with Crippen molar-refractivity contribution < 1.29 is 9.72 Å². The number of nitrogens with zero attached hydrogens (tertiary/aromatic N) is 5. The Balaban J connectivity index is 1.75. The fourth-order valence-corrected chi connectivity index (χ4v) is 2.77. The molecule has 0 atom stereocenters. The fraction of sp³-hybridized carbons (Fsp3) is 0.400. The van der Waals surface area contributed by atoms with Crippen LogP contribution in [0.2, 0.25) is 0 Å². The quantitative estimate of drug-likeness (QED) is 0.659. The van der Waals surface area contributed by atoms with Gasteiger partial charge in [-0.2, -0.15) is 0 Å². The summed E-state index contributed by atoms with van der Waals surface area (Å²) < 4.78 is 1.37. The first-order chi connectivity index (χ1) is 11.6. The molecule has 2 N–H and O–H groups in total. The van der Waals surface area contributed by atoms with Gasteiger partial charge in [-0.05, 0) is 31.4 Å². The third-order valence-electron chi connectivity index (χ3n) is 4.25. The lowest BCUT2D eigenvalue weighted by Crippen LogP contribution is -2.40. The number of piperidine rings is 1. The molecule has 1 aliphatic rings. The molecule has 0 spiro atoms. The van der Waals surface area contributed by atoms with E-state index in [1.807, 2.05) is 0 Å². The number of hydrogen-bond donors (Lipinski definition) is 1. The molecule has 1 aromatic heterocycles. The zero-order valence-electron chi connectivity index (χ0n) is 13.0. The maximum atomic E-state index is 12.5. The molecule has 1 aliphatic heterocycles. The van der Waals surface area contributed by atoms with Crippen LogP contribution in [0.3, 0.4) is 0 Å². The SMILES string of the molecule is NCC1CCN(C(=O)c2cn(-c3cccc([N+](=O)[O-])c3)nn2)CC1. The van der Waals surface area contributed by atoms with E-state index in [1.54, 1.807) is 17.0 Å². The van der Waals surface area contributed by atoms with E-state index in [2.05, 4.69) is 10.3 Å². The minimum absolute atomic E-state index is 0.0419. The molecule has 126 valence electrons. The number of carbonyl (C=O) groups excluding carboxylic acids is 1. The van der Waals surface area contributed by atoms with Crippen LogP contribution in [0.4, 0.5) is 5.69 Å². The number of rotatable bonds is 4. The molecule has 2 aromatic rings. The highest BCUT2D eigenvalue weighted by Crippen LogP contribution is 2.19. The normalized spacial score (nSPS) is 15.5. The smallest absolute Gasteiger partial charge is 0.276 e. The van der Waals surface area contributed by atoms with Gasteiger partial charge in [0.05, 0.1) is 16.8 Å². The van der Waals surface area contributed by atoms with E-state index >= 15 is 0 Å². The molecule has 0 radical (unpaired) electrons. The van der Waals surface area contributed by atoms with Gasteiger partial charge < -0.3 is 10.6 Å². The van der Waals surface area contributed by atoms with Crippen LogP contribution in [-0.2, 0) is 0 Å². The first kappa shape index (κ1) is 16.1. The zero-order chi connectivity index (χ0) is 17.1. The third kappa shape index (κ3) is 3.25. The van der Waals surface area contributed by atoms with Crippen molar-refractivity contribution in [3.05, 3.63) is 46.3 Å². The van der Waals surface area contributed by atoms with Crippen molar-refractivity contribution in [2.24, 2.45) is 11.7 Å². The second-order valence-electron chi connectivity index (χ2n) is 5.80. The van der Waals surface area contributed by atoms with Crippen molar-refractivity contribution in [3.8, 4) is 5.69 Å². The van der Waals surface area contributed by atoms with Gasteiger partial charge in [-0.3, -0.25) is 14.9 Å². The van der Waals surface area contributed by atoms with Gasteiger partial charge in [-0.1, -0.05) is 11.3 Å². The average molecular weight is 330 g/mol. The maximum absolute atomic E-state index is 12.5. The second kappa shape index (κ2) is 6.75. The van der Waals surface area contributed by atoms with Crippen LogP contribution in [0.5, 0.6) is 0 Å². The Labute approximate surface area is 138 Å². The lowest BCUT2D eigenvalue weighted by atomic mass is 9.97. The molecule has 3 rings (SSSR count). The van der Waals surface area contributed by atoms with Gasteiger partial charge in [-0.25, -0.2) is 4.68 Å². The molecule has 1 amide bonds. The van der Waals surface area contributed by atoms with Crippen LogP contribution in [0, 0.1) is 16.0 Å². The van der Waals surface area contributed by atoms with Crippen LogP contribution < -0.4 is 5.73 Å². The van der Waals surface area contributed by atoms with Crippen LogP contribution >= 0.6 is 0 Å². The Bertz CT molecular complexity index is 751. The van der Waals surface area contributed by atoms with E-state index in [0.29, 0.717) is 31.2 Å². The molecule has 0 unspecified atom stereocenters. The first-order valence-corrected chi connectivity index (χ1v) is 7.75. The second-order valence-corrected chi connectivity index (χ2v) is 5.80. The maximum Gasteiger partial charge on any atom is 0.276 e. The van der Waals surface area contributed by atoms with E-state index in [9.17, 15) is 14.9 Å². The molecule has 2 heterocycles. The predicted molar refractivity (Wildman–Crippen MR) is 85.7 cm³/mol. The summed E-state index contributed by atoms with van der Waals surface area (Å²) in [6, 6.07) is 6.01. The Morgan fingerprint density at radius 2 is 2.12 bits per heavy atom. The van der Waals surface area contributed by atoms with Gasteiger partial charge in [0.15, 0.2) is 5.69 Å². The summed E-state index contributed by atoms with van der Waals surface area (Å²) in [4.78, 5) is 24.6. The van der Waals surface area contributed by atoms with Crippen molar-refractivity contribution >= 4 is 11.6 Å². The molecule has 1 fully saturated rings. The summed E-state index contributed by atoms with van der Waals surface area (Å²) in [6.07, 6.45) is 3.28. The Morgan fingerprint density at radius 1 is 1.38 bits per heavy atom. The molecule has 1 saturated heterocycles. The molecule has 0 bridgehead atoms. The first-order valence-electron chi connectivity index (χ1n) is 7.75. The number of nitro groups is 1. The topological polar surface area (TPSA) is 120 Å². The summed E-state index contributed by atoms with van der Waals surface area (Å²) >= 11 is 0. The molecule has 0 aliphatic carbocycles. The molecule has 9 heteroatoms. The number of carbonyl (C=O) groups is 1. The van der Waals surface area contributed by atoms with Gasteiger partial charge in [0.1, 0.15) is 0 Å². The molecule has 24 heavy (non-hydrogen) atoms. The number of non-ortho nitro benzene ring substituents is 1. The van der Waals surface area contributed by atoms with E-state index in [4.69, 9.17) is 5.73 Å². The van der Waals surface area contributed by atoms with Crippen molar-refractivity contribution in [1.29, 1.82) is 0 Å². The standard InChI is InChI=1S/C15H18N6O3/c16-9-11-4-6-19(7-5-11)15(22)14-10-20(18-17-14)12-2-1-3-13(8-12)21(23)24/h1-3,8,10-11H,4-7,9,16H2. The summed E-state index contributed by atoms with van der Waals surface area (Å²) in [7, 11) is 0. The third-order valence-corrected chi connectivity index (χ3v) is 4.25. The van der Waals surface area contributed by atoms with Gasteiger partial charge in [0.2, 0.25) is 0 Å². The summed E-state index contributed by atoms with van der Waals surface area (Å²) in [5.74, 6) is 0.289. The molecule has 1 aromatic carbocycles. The van der Waals surface area contributed by atoms with E-state index in [0.717, 1.165) is 12.8 Å². The van der Waals surface area contributed by atoms with Gasteiger partial charge >= 0.3 is 0 Å². The highest BCUT2D eigenvalue weighted by Gasteiger charge is 2.24. The number of amides is 1. The lowest BCUT2D eigenvalue weighted by Gasteiger charge is -2.30. The van der Waals surface area contributed by atoms with Crippen LogP contribution in [0.25, 0.3) is 5.69 Å². The number of nitrogens with two attached hydrogens (primary N) is 1. The molecular weight excluding hydrogens is 312 g/mol. The number of hydrogen-bond acceptors (Lipinski definition) is 6. The number of benzene rings is 1. The van der Waals surface area contributed by atoms with Crippen LogP contribution in [-0.4, -0.2) is 50.4 Å². The van der Waals surface area contributed by atoms with Gasteiger partial charge in [-0.15, -0.1) is 5.10 Å². The minimum Gasteiger partial charge on any atom is -0.337 e. The Hall–Kier alpha value is -2.81. The number of nitro benzene ring substituents is 1. The van der Waals surface area contributed by atoms with Crippen molar-refractivity contribution in [2.75, 3.05) is 19.6 Å².